The topological polar surface area (TPSA) is 41.1 Å². The molecule has 0 fully saturated rings. The second-order valence-electron chi connectivity index (χ2n) is 5.38. The Morgan fingerprint density at radius 3 is 2.56 bits per heavy atom. The van der Waals surface area contributed by atoms with E-state index in [4.69, 9.17) is 0 Å². The van der Waals surface area contributed by atoms with Crippen LogP contribution in [0.1, 0.15) is 32.0 Å². The van der Waals surface area contributed by atoms with E-state index in [0.717, 1.165) is 30.3 Å². The predicted molar refractivity (Wildman–Crippen MR) is 76.8 cm³/mol. The molecule has 0 amide bonds. The van der Waals surface area contributed by atoms with Crippen molar-refractivity contribution >= 4 is 5.95 Å². The molecule has 0 aliphatic rings. The Morgan fingerprint density at radius 2 is 2.11 bits per heavy atom. The first kappa shape index (κ1) is 14.6. The summed E-state index contributed by atoms with van der Waals surface area (Å²) in [6, 6.07) is 0. The van der Waals surface area contributed by atoms with Gasteiger partial charge in [-0.3, -0.25) is 0 Å². The highest BCUT2D eigenvalue weighted by atomic mass is 15.3. The van der Waals surface area contributed by atoms with E-state index < -0.39 is 0 Å². The lowest BCUT2D eigenvalue weighted by Gasteiger charge is -2.35. The fourth-order valence-electron chi connectivity index (χ4n) is 1.76. The highest BCUT2D eigenvalue weighted by Gasteiger charge is 2.23. The van der Waals surface area contributed by atoms with Crippen molar-refractivity contribution in [1.82, 2.24) is 15.3 Å². The summed E-state index contributed by atoms with van der Waals surface area (Å²) in [5.74, 6) is 0.764. The number of aryl methyl sites for hydroxylation is 1. The molecule has 18 heavy (non-hydrogen) atoms. The van der Waals surface area contributed by atoms with E-state index in [2.05, 4.69) is 47.5 Å². The molecule has 0 saturated carbocycles. The standard InChI is InChI=1S/C14H24N4/c1-7-8-18(14(3,4)5)13-16-10-12(9-15-6)11(2)17-13/h7,10,15H,1,8-9H2,2-6H3. The minimum Gasteiger partial charge on any atom is -0.332 e. The molecule has 1 rings (SSSR count). The van der Waals surface area contributed by atoms with Gasteiger partial charge in [0.1, 0.15) is 0 Å². The van der Waals surface area contributed by atoms with E-state index in [9.17, 15) is 0 Å². The second kappa shape index (κ2) is 5.96. The Labute approximate surface area is 110 Å². The molecule has 0 spiro atoms. The van der Waals surface area contributed by atoms with Gasteiger partial charge in [-0.2, -0.15) is 0 Å². The molecule has 0 aromatic carbocycles. The van der Waals surface area contributed by atoms with Gasteiger partial charge in [0, 0.05) is 36.1 Å². The van der Waals surface area contributed by atoms with E-state index in [0.29, 0.717) is 0 Å². The summed E-state index contributed by atoms with van der Waals surface area (Å²) < 4.78 is 0. The zero-order valence-corrected chi connectivity index (χ0v) is 12.1. The van der Waals surface area contributed by atoms with Crippen LogP contribution in [-0.2, 0) is 6.54 Å². The zero-order chi connectivity index (χ0) is 13.8. The molecule has 1 aromatic heterocycles. The minimum absolute atomic E-state index is 0.0227. The van der Waals surface area contributed by atoms with Gasteiger partial charge in [-0.25, -0.2) is 9.97 Å². The predicted octanol–water partition coefficient (Wildman–Crippen LogP) is 2.30. The van der Waals surface area contributed by atoms with Crippen LogP contribution in [0.4, 0.5) is 5.95 Å². The maximum atomic E-state index is 4.60. The number of rotatable bonds is 5. The Balaban J connectivity index is 3.07. The molecule has 0 unspecified atom stereocenters. The first-order valence-electron chi connectivity index (χ1n) is 6.25. The van der Waals surface area contributed by atoms with Crippen LogP contribution in [0.15, 0.2) is 18.9 Å². The average Bonchev–Trinajstić information content (AvgIpc) is 2.27. The molecule has 0 aliphatic heterocycles. The van der Waals surface area contributed by atoms with E-state index in [1.165, 1.54) is 0 Å². The summed E-state index contributed by atoms with van der Waals surface area (Å²) in [6.45, 7) is 13.8. The molecule has 1 heterocycles. The molecule has 1 aromatic rings. The van der Waals surface area contributed by atoms with Crippen LogP contribution in [-0.4, -0.2) is 29.1 Å². The Bertz CT molecular complexity index is 407. The summed E-state index contributed by atoms with van der Waals surface area (Å²) in [5, 5.41) is 3.12. The Kier molecular flexibility index (Phi) is 4.84. The highest BCUT2D eigenvalue weighted by molar-refractivity contribution is 5.37. The lowest BCUT2D eigenvalue weighted by Crippen LogP contribution is -2.42. The Morgan fingerprint density at radius 1 is 1.44 bits per heavy atom. The van der Waals surface area contributed by atoms with Gasteiger partial charge < -0.3 is 10.2 Å². The molecular formula is C14H24N4. The maximum Gasteiger partial charge on any atom is 0.226 e. The van der Waals surface area contributed by atoms with Crippen LogP contribution in [0.5, 0.6) is 0 Å². The number of hydrogen-bond acceptors (Lipinski definition) is 4. The number of anilines is 1. The van der Waals surface area contributed by atoms with Gasteiger partial charge in [-0.05, 0) is 34.7 Å². The van der Waals surface area contributed by atoms with Crippen molar-refractivity contribution in [1.29, 1.82) is 0 Å². The normalized spacial score (nSPS) is 11.4. The minimum atomic E-state index is -0.0227. The van der Waals surface area contributed by atoms with Crippen molar-refractivity contribution in [2.24, 2.45) is 0 Å². The SMILES string of the molecule is C=CCN(c1ncc(CNC)c(C)n1)C(C)(C)C. The number of nitrogens with zero attached hydrogens (tertiary/aromatic N) is 3. The Hall–Kier alpha value is -1.42. The van der Waals surface area contributed by atoms with Gasteiger partial charge >= 0.3 is 0 Å². The molecule has 4 nitrogen and oxygen atoms in total. The monoisotopic (exact) mass is 248 g/mol. The van der Waals surface area contributed by atoms with E-state index in [1.54, 1.807) is 0 Å². The van der Waals surface area contributed by atoms with Gasteiger partial charge in [0.05, 0.1) is 0 Å². The smallest absolute Gasteiger partial charge is 0.226 e. The number of hydrogen-bond donors (Lipinski definition) is 1. The largest absolute Gasteiger partial charge is 0.332 e. The lowest BCUT2D eigenvalue weighted by atomic mass is 10.1. The summed E-state index contributed by atoms with van der Waals surface area (Å²) in [6.07, 6.45) is 3.78. The number of nitrogens with one attached hydrogen (secondary N) is 1. The molecule has 4 heteroatoms. The molecule has 0 atom stereocenters. The quantitative estimate of drug-likeness (QED) is 0.812. The molecular weight excluding hydrogens is 224 g/mol. The van der Waals surface area contributed by atoms with Crippen LogP contribution in [0.3, 0.4) is 0 Å². The van der Waals surface area contributed by atoms with Gasteiger partial charge in [-0.1, -0.05) is 6.08 Å². The molecule has 0 radical (unpaired) electrons. The van der Waals surface area contributed by atoms with Crippen molar-refractivity contribution in [2.45, 2.75) is 39.8 Å². The van der Waals surface area contributed by atoms with Crippen LogP contribution in [0.25, 0.3) is 0 Å². The van der Waals surface area contributed by atoms with E-state index >= 15 is 0 Å². The fraction of sp³-hybridized carbons (Fsp3) is 0.571. The fourth-order valence-corrected chi connectivity index (χ4v) is 1.76. The second-order valence-corrected chi connectivity index (χ2v) is 5.38. The third-order valence-electron chi connectivity index (χ3n) is 2.80. The lowest BCUT2D eigenvalue weighted by molar-refractivity contribution is 0.511. The highest BCUT2D eigenvalue weighted by Crippen LogP contribution is 2.20. The third-order valence-corrected chi connectivity index (χ3v) is 2.80. The van der Waals surface area contributed by atoms with Crippen molar-refractivity contribution in [2.75, 3.05) is 18.5 Å². The first-order chi connectivity index (χ1) is 8.40. The summed E-state index contributed by atoms with van der Waals surface area (Å²) in [7, 11) is 1.92. The van der Waals surface area contributed by atoms with Crippen LogP contribution in [0, 0.1) is 6.92 Å². The molecule has 0 bridgehead atoms. The van der Waals surface area contributed by atoms with Crippen LogP contribution in [0.2, 0.25) is 0 Å². The van der Waals surface area contributed by atoms with Gasteiger partial charge in [-0.15, -0.1) is 6.58 Å². The summed E-state index contributed by atoms with van der Waals surface area (Å²) in [5.41, 5.74) is 2.13. The van der Waals surface area contributed by atoms with Crippen molar-refractivity contribution in [3.63, 3.8) is 0 Å². The average molecular weight is 248 g/mol. The summed E-state index contributed by atoms with van der Waals surface area (Å²) >= 11 is 0. The van der Waals surface area contributed by atoms with E-state index in [1.807, 2.05) is 26.2 Å². The maximum absolute atomic E-state index is 4.60. The van der Waals surface area contributed by atoms with E-state index in [-0.39, 0.29) is 5.54 Å². The molecule has 0 saturated heterocycles. The van der Waals surface area contributed by atoms with Crippen LogP contribution >= 0.6 is 0 Å². The van der Waals surface area contributed by atoms with Gasteiger partial charge in [0.25, 0.3) is 0 Å². The third kappa shape index (κ3) is 3.53. The van der Waals surface area contributed by atoms with Crippen LogP contribution < -0.4 is 10.2 Å². The van der Waals surface area contributed by atoms with Crippen molar-refractivity contribution < 1.29 is 0 Å². The summed E-state index contributed by atoms with van der Waals surface area (Å²) in [4.78, 5) is 11.2. The van der Waals surface area contributed by atoms with Gasteiger partial charge in [0.2, 0.25) is 5.95 Å². The van der Waals surface area contributed by atoms with Crippen molar-refractivity contribution in [3.8, 4) is 0 Å². The number of aromatic nitrogens is 2. The molecule has 1 N–H and O–H groups in total. The first-order valence-corrected chi connectivity index (χ1v) is 6.25. The zero-order valence-electron chi connectivity index (χ0n) is 12.1. The van der Waals surface area contributed by atoms with Crippen molar-refractivity contribution in [3.05, 3.63) is 30.1 Å². The van der Waals surface area contributed by atoms with Gasteiger partial charge in [0.15, 0.2) is 0 Å². The molecule has 100 valence electrons. The molecule has 0 aliphatic carbocycles.